The van der Waals surface area contributed by atoms with Crippen LogP contribution in [0.25, 0.3) is 11.0 Å². The molecule has 0 fully saturated rings. The molecule has 0 saturated heterocycles. The molecule has 0 unspecified atom stereocenters. The third kappa shape index (κ3) is 5.70. The summed E-state index contributed by atoms with van der Waals surface area (Å²) in [7, 11) is -4.19. The van der Waals surface area contributed by atoms with Gasteiger partial charge in [-0.1, -0.05) is 41.4 Å². The number of rotatable bonds is 8. The maximum atomic E-state index is 13.1. The number of amides is 1. The molecule has 0 saturated carbocycles. The zero-order chi connectivity index (χ0) is 25.2. The Morgan fingerprint density at radius 3 is 2.43 bits per heavy atom. The average Bonchev–Trinajstić information content (AvgIpc) is 3.28. The van der Waals surface area contributed by atoms with E-state index in [2.05, 4.69) is 18.8 Å². The fraction of sp³-hybridized carbons (Fsp3) is 0.0909. The number of carbonyl (C=O) groups excluding carboxylic acids is 1. The molecule has 1 atom stereocenters. The van der Waals surface area contributed by atoms with Crippen molar-refractivity contribution in [2.45, 2.75) is 17.4 Å². The van der Waals surface area contributed by atoms with Crippen molar-refractivity contribution in [3.05, 3.63) is 81.8 Å². The molecule has 4 rings (SSSR count). The number of nitrogens with zero attached hydrogens (tertiary/aromatic N) is 2. The standard InChI is InChI=1S/C22H16Cl2N4O5S2/c23-13-6-4-12(5-7-13)10-18(22(30)31)25-21(29)15-9-8-14(24)11-17(15)28-35(32,33)19-3-1-2-16-20(19)27-34-26-16/h1-9,11,18,28H,10H2,(H,25,29)(H,30,31)/t18-/m0/s1. The number of hydrogen-bond acceptors (Lipinski definition) is 7. The molecule has 4 aromatic rings. The predicted octanol–water partition coefficient (Wildman–Crippen LogP) is 4.22. The third-order valence-electron chi connectivity index (χ3n) is 4.97. The molecule has 0 bridgehead atoms. The van der Waals surface area contributed by atoms with Gasteiger partial charge in [0.05, 0.1) is 23.0 Å². The number of carboxylic acid groups (broad SMARTS) is 1. The van der Waals surface area contributed by atoms with Crippen LogP contribution in [-0.2, 0) is 21.2 Å². The monoisotopic (exact) mass is 550 g/mol. The van der Waals surface area contributed by atoms with Crippen LogP contribution in [0.2, 0.25) is 10.0 Å². The van der Waals surface area contributed by atoms with Crippen LogP contribution in [0.3, 0.4) is 0 Å². The highest BCUT2D eigenvalue weighted by molar-refractivity contribution is 7.93. The van der Waals surface area contributed by atoms with E-state index in [0.717, 1.165) is 11.7 Å². The molecule has 3 N–H and O–H groups in total. The minimum Gasteiger partial charge on any atom is -0.480 e. The zero-order valence-corrected chi connectivity index (χ0v) is 20.7. The molecular formula is C22H16Cl2N4O5S2. The van der Waals surface area contributed by atoms with Crippen molar-refractivity contribution < 1.29 is 23.1 Å². The maximum Gasteiger partial charge on any atom is 0.326 e. The van der Waals surface area contributed by atoms with E-state index < -0.39 is 27.9 Å². The number of nitrogens with one attached hydrogen (secondary N) is 2. The van der Waals surface area contributed by atoms with E-state index in [1.807, 2.05) is 0 Å². The molecule has 0 radical (unpaired) electrons. The van der Waals surface area contributed by atoms with Crippen molar-refractivity contribution >= 4 is 73.6 Å². The van der Waals surface area contributed by atoms with Gasteiger partial charge in [-0.2, -0.15) is 8.75 Å². The van der Waals surface area contributed by atoms with Gasteiger partial charge >= 0.3 is 5.97 Å². The molecule has 1 heterocycles. The molecule has 0 aliphatic rings. The summed E-state index contributed by atoms with van der Waals surface area (Å²) in [6.45, 7) is 0. The summed E-state index contributed by atoms with van der Waals surface area (Å²) < 4.78 is 36.7. The fourth-order valence-electron chi connectivity index (χ4n) is 3.29. The maximum absolute atomic E-state index is 13.1. The number of halogens is 2. The highest BCUT2D eigenvalue weighted by Crippen LogP contribution is 2.27. The van der Waals surface area contributed by atoms with Crippen LogP contribution < -0.4 is 10.0 Å². The first-order valence-electron chi connectivity index (χ1n) is 9.96. The predicted molar refractivity (Wildman–Crippen MR) is 134 cm³/mol. The van der Waals surface area contributed by atoms with Crippen LogP contribution in [0.1, 0.15) is 15.9 Å². The van der Waals surface area contributed by atoms with E-state index in [4.69, 9.17) is 23.2 Å². The Labute approximate surface area is 214 Å². The van der Waals surface area contributed by atoms with E-state index in [1.165, 1.54) is 30.3 Å². The van der Waals surface area contributed by atoms with Crippen molar-refractivity contribution in [1.82, 2.24) is 14.1 Å². The van der Waals surface area contributed by atoms with Gasteiger partial charge in [0.2, 0.25) is 0 Å². The number of anilines is 1. The third-order valence-corrected chi connectivity index (χ3v) is 7.39. The van der Waals surface area contributed by atoms with Crippen molar-refractivity contribution in [2.24, 2.45) is 0 Å². The summed E-state index contributed by atoms with van der Waals surface area (Å²) >= 11 is 12.8. The van der Waals surface area contributed by atoms with Crippen molar-refractivity contribution in [2.75, 3.05) is 4.72 Å². The number of aliphatic carboxylic acids is 1. The van der Waals surface area contributed by atoms with E-state index in [9.17, 15) is 23.1 Å². The van der Waals surface area contributed by atoms with Crippen LogP contribution in [0.5, 0.6) is 0 Å². The molecule has 0 aliphatic carbocycles. The van der Waals surface area contributed by atoms with Gasteiger partial charge in [-0.05, 0) is 48.0 Å². The smallest absolute Gasteiger partial charge is 0.326 e. The molecule has 180 valence electrons. The lowest BCUT2D eigenvalue weighted by molar-refractivity contribution is -0.139. The number of fused-ring (bicyclic) bond motifs is 1. The molecule has 13 heteroatoms. The average molecular weight is 551 g/mol. The molecule has 9 nitrogen and oxygen atoms in total. The largest absolute Gasteiger partial charge is 0.480 e. The molecule has 3 aromatic carbocycles. The second-order valence-corrected chi connectivity index (χ2v) is 10.4. The topological polar surface area (TPSA) is 138 Å². The van der Waals surface area contributed by atoms with Gasteiger partial charge in [0.25, 0.3) is 15.9 Å². The molecular weight excluding hydrogens is 535 g/mol. The minimum atomic E-state index is -4.19. The van der Waals surface area contributed by atoms with Crippen LogP contribution in [0, 0.1) is 0 Å². The van der Waals surface area contributed by atoms with Crippen molar-refractivity contribution in [3.8, 4) is 0 Å². The quantitative estimate of drug-likeness (QED) is 0.298. The lowest BCUT2D eigenvalue weighted by Crippen LogP contribution is -2.42. The number of benzene rings is 3. The number of hydrogen-bond donors (Lipinski definition) is 3. The van der Waals surface area contributed by atoms with Crippen molar-refractivity contribution in [1.29, 1.82) is 0 Å². The van der Waals surface area contributed by atoms with Crippen LogP contribution in [0.4, 0.5) is 5.69 Å². The number of carboxylic acids is 1. The summed E-state index contributed by atoms with van der Waals surface area (Å²) in [5.41, 5.74) is 1.01. The number of carbonyl (C=O) groups is 2. The van der Waals surface area contributed by atoms with Crippen LogP contribution in [-0.4, -0.2) is 40.2 Å². The Balaban J connectivity index is 1.62. The first-order chi connectivity index (χ1) is 16.6. The first-order valence-corrected chi connectivity index (χ1v) is 12.9. The highest BCUT2D eigenvalue weighted by Gasteiger charge is 2.26. The zero-order valence-electron chi connectivity index (χ0n) is 17.6. The second kappa shape index (κ2) is 10.2. The summed E-state index contributed by atoms with van der Waals surface area (Å²) in [6, 6.07) is 13.7. The summed E-state index contributed by atoms with van der Waals surface area (Å²) in [6.07, 6.45) is -0.00822. The lowest BCUT2D eigenvalue weighted by Gasteiger charge is -2.17. The van der Waals surface area contributed by atoms with Crippen LogP contribution in [0.15, 0.2) is 65.6 Å². The normalized spacial score (nSPS) is 12.3. The second-order valence-electron chi connectivity index (χ2n) is 7.38. The lowest BCUT2D eigenvalue weighted by atomic mass is 10.1. The Bertz CT molecular complexity index is 1520. The highest BCUT2D eigenvalue weighted by atomic mass is 35.5. The van der Waals surface area contributed by atoms with E-state index in [0.29, 0.717) is 16.1 Å². The summed E-state index contributed by atoms with van der Waals surface area (Å²) in [4.78, 5) is 24.7. The van der Waals surface area contributed by atoms with Gasteiger partial charge in [0.1, 0.15) is 22.0 Å². The van der Waals surface area contributed by atoms with Crippen LogP contribution >= 0.6 is 34.9 Å². The van der Waals surface area contributed by atoms with E-state index in [-0.39, 0.29) is 33.1 Å². The Hall–Kier alpha value is -3.25. The Morgan fingerprint density at radius 2 is 1.71 bits per heavy atom. The molecule has 0 spiro atoms. The molecule has 35 heavy (non-hydrogen) atoms. The fourth-order valence-corrected chi connectivity index (χ4v) is 5.43. The van der Waals surface area contributed by atoms with Gasteiger partial charge in [0, 0.05) is 16.5 Å². The molecule has 1 aromatic heterocycles. The van der Waals surface area contributed by atoms with Gasteiger partial charge in [-0.15, -0.1) is 0 Å². The van der Waals surface area contributed by atoms with E-state index >= 15 is 0 Å². The summed E-state index contributed by atoms with van der Waals surface area (Å²) in [5.74, 6) is -2.05. The molecule has 1 amide bonds. The minimum absolute atomic E-state index is 0.00822. The van der Waals surface area contributed by atoms with Gasteiger partial charge in [0.15, 0.2) is 0 Å². The van der Waals surface area contributed by atoms with Gasteiger partial charge < -0.3 is 10.4 Å². The Kier molecular flexibility index (Phi) is 7.22. The Morgan fingerprint density at radius 1 is 1.00 bits per heavy atom. The molecule has 0 aliphatic heterocycles. The van der Waals surface area contributed by atoms with Crippen molar-refractivity contribution in [3.63, 3.8) is 0 Å². The van der Waals surface area contributed by atoms with Gasteiger partial charge in [-0.25, -0.2) is 13.2 Å². The van der Waals surface area contributed by atoms with E-state index in [1.54, 1.807) is 30.3 Å². The number of sulfonamides is 1. The SMILES string of the molecule is O=C(N[C@@H](Cc1ccc(Cl)cc1)C(=O)O)c1ccc(Cl)cc1NS(=O)(=O)c1cccc2nsnc12. The van der Waals surface area contributed by atoms with Gasteiger partial charge in [-0.3, -0.25) is 9.52 Å². The number of aromatic nitrogens is 2. The summed E-state index contributed by atoms with van der Waals surface area (Å²) in [5, 5.41) is 12.7. The first kappa shape index (κ1) is 24.9.